The van der Waals surface area contributed by atoms with Gasteiger partial charge in [0.05, 0.1) is 18.0 Å². The summed E-state index contributed by atoms with van der Waals surface area (Å²) in [7, 11) is 0. The Morgan fingerprint density at radius 3 is 2.80 bits per heavy atom. The number of hydrogen-bond donors (Lipinski definition) is 2. The molecular formula is C16H21N3O. The molecule has 0 spiro atoms. The molecule has 0 atom stereocenters. The van der Waals surface area contributed by atoms with Crippen molar-refractivity contribution in [1.29, 1.82) is 0 Å². The van der Waals surface area contributed by atoms with Crippen molar-refractivity contribution in [1.82, 2.24) is 4.98 Å². The number of aliphatic hydroxyl groups excluding tert-OH is 1. The molecule has 4 heteroatoms. The summed E-state index contributed by atoms with van der Waals surface area (Å²) < 4.78 is 0. The van der Waals surface area contributed by atoms with Crippen LogP contribution in [0.5, 0.6) is 0 Å². The molecule has 1 aliphatic carbocycles. The Balaban J connectivity index is 2.03. The number of benzene rings is 1. The van der Waals surface area contributed by atoms with E-state index >= 15 is 0 Å². The number of nitrogens with two attached hydrogens (primary N) is 1. The molecule has 3 N–H and O–H groups in total. The van der Waals surface area contributed by atoms with Crippen LogP contribution in [0.2, 0.25) is 0 Å². The number of pyridine rings is 1. The van der Waals surface area contributed by atoms with Gasteiger partial charge in [0.25, 0.3) is 0 Å². The average molecular weight is 271 g/mol. The number of aliphatic hydroxyl groups is 1. The summed E-state index contributed by atoms with van der Waals surface area (Å²) in [6.07, 6.45) is 8.52. The van der Waals surface area contributed by atoms with Gasteiger partial charge in [0, 0.05) is 35.8 Å². The van der Waals surface area contributed by atoms with Crippen molar-refractivity contribution >= 4 is 22.1 Å². The fraction of sp³-hybridized carbons (Fsp3) is 0.438. The van der Waals surface area contributed by atoms with Gasteiger partial charge in [-0.1, -0.05) is 18.9 Å². The number of aromatic nitrogens is 1. The minimum absolute atomic E-state index is 0.157. The summed E-state index contributed by atoms with van der Waals surface area (Å²) in [5.74, 6) is 0. The van der Waals surface area contributed by atoms with E-state index in [2.05, 4.69) is 22.0 Å². The van der Waals surface area contributed by atoms with Gasteiger partial charge in [0.1, 0.15) is 0 Å². The van der Waals surface area contributed by atoms with Gasteiger partial charge < -0.3 is 15.7 Å². The van der Waals surface area contributed by atoms with Crippen LogP contribution in [0.1, 0.15) is 25.7 Å². The van der Waals surface area contributed by atoms with E-state index in [1.807, 2.05) is 12.3 Å². The van der Waals surface area contributed by atoms with Crippen molar-refractivity contribution in [3.05, 3.63) is 30.6 Å². The zero-order chi connectivity index (χ0) is 13.9. The largest absolute Gasteiger partial charge is 0.397 e. The number of anilines is 2. The molecular weight excluding hydrogens is 250 g/mol. The highest BCUT2D eigenvalue weighted by Gasteiger charge is 2.24. The van der Waals surface area contributed by atoms with E-state index in [1.54, 1.807) is 6.20 Å². The van der Waals surface area contributed by atoms with E-state index < -0.39 is 0 Å². The summed E-state index contributed by atoms with van der Waals surface area (Å²) in [5.41, 5.74) is 8.21. The molecule has 0 unspecified atom stereocenters. The summed E-state index contributed by atoms with van der Waals surface area (Å²) in [6, 6.07) is 6.59. The predicted octanol–water partition coefficient (Wildman–Crippen LogP) is 2.56. The quantitative estimate of drug-likeness (QED) is 0.839. The van der Waals surface area contributed by atoms with Gasteiger partial charge >= 0.3 is 0 Å². The van der Waals surface area contributed by atoms with E-state index in [4.69, 9.17) is 5.73 Å². The number of hydrogen-bond acceptors (Lipinski definition) is 4. The first-order chi connectivity index (χ1) is 9.81. The van der Waals surface area contributed by atoms with E-state index in [0.717, 1.165) is 22.1 Å². The second-order valence-electron chi connectivity index (χ2n) is 5.45. The number of nitrogen functional groups attached to an aromatic ring is 1. The first-order valence-electron chi connectivity index (χ1n) is 7.31. The number of nitrogens with zero attached hydrogens (tertiary/aromatic N) is 2. The van der Waals surface area contributed by atoms with Crippen LogP contribution in [0, 0.1) is 0 Å². The molecule has 2 aromatic rings. The Hall–Kier alpha value is -1.81. The Labute approximate surface area is 119 Å². The van der Waals surface area contributed by atoms with Crippen LogP contribution >= 0.6 is 0 Å². The monoisotopic (exact) mass is 271 g/mol. The number of fused-ring (bicyclic) bond motifs is 1. The third-order valence-corrected chi connectivity index (χ3v) is 4.25. The highest BCUT2D eigenvalue weighted by Crippen LogP contribution is 2.35. The Bertz CT molecular complexity index is 593. The lowest BCUT2D eigenvalue weighted by atomic mass is 10.1. The molecule has 0 saturated heterocycles. The summed E-state index contributed by atoms with van der Waals surface area (Å²) in [6.45, 7) is 0.801. The molecule has 20 heavy (non-hydrogen) atoms. The van der Waals surface area contributed by atoms with E-state index in [0.29, 0.717) is 12.6 Å². The topological polar surface area (TPSA) is 62.4 Å². The summed E-state index contributed by atoms with van der Waals surface area (Å²) >= 11 is 0. The van der Waals surface area contributed by atoms with Crippen LogP contribution in [-0.2, 0) is 0 Å². The maximum atomic E-state index is 9.37. The van der Waals surface area contributed by atoms with Gasteiger partial charge in [-0.05, 0) is 25.0 Å². The smallest absolute Gasteiger partial charge is 0.0632 e. The fourth-order valence-corrected chi connectivity index (χ4v) is 3.26. The molecule has 1 aromatic heterocycles. The fourth-order valence-electron chi connectivity index (χ4n) is 3.26. The van der Waals surface area contributed by atoms with Crippen molar-refractivity contribution in [2.24, 2.45) is 0 Å². The van der Waals surface area contributed by atoms with E-state index in [1.165, 1.54) is 25.7 Å². The van der Waals surface area contributed by atoms with Gasteiger partial charge in [0.15, 0.2) is 0 Å². The minimum Gasteiger partial charge on any atom is -0.397 e. The van der Waals surface area contributed by atoms with Crippen LogP contribution in [0.25, 0.3) is 10.8 Å². The predicted molar refractivity (Wildman–Crippen MR) is 82.8 cm³/mol. The molecule has 1 fully saturated rings. The molecule has 0 aliphatic heterocycles. The molecule has 0 bridgehead atoms. The van der Waals surface area contributed by atoms with Crippen LogP contribution in [0.4, 0.5) is 11.4 Å². The molecule has 1 heterocycles. The van der Waals surface area contributed by atoms with Gasteiger partial charge in [-0.3, -0.25) is 4.98 Å². The van der Waals surface area contributed by atoms with Crippen LogP contribution < -0.4 is 10.6 Å². The molecule has 0 amide bonds. The standard InChI is InChI=1S/C16H21N3O/c17-16-14-7-8-18-11-12(14)5-6-15(16)19(9-10-20)13-3-1-2-4-13/h5-8,11,13,20H,1-4,9-10,17H2. The summed E-state index contributed by atoms with van der Waals surface area (Å²) in [4.78, 5) is 6.41. The van der Waals surface area contributed by atoms with Gasteiger partial charge in [-0.25, -0.2) is 0 Å². The van der Waals surface area contributed by atoms with Gasteiger partial charge in [-0.2, -0.15) is 0 Å². The molecule has 0 radical (unpaired) electrons. The maximum Gasteiger partial charge on any atom is 0.0632 e. The first-order valence-corrected chi connectivity index (χ1v) is 7.31. The first kappa shape index (κ1) is 13.2. The normalized spacial score (nSPS) is 15.8. The lowest BCUT2D eigenvalue weighted by Crippen LogP contribution is -2.36. The lowest BCUT2D eigenvalue weighted by molar-refractivity contribution is 0.297. The third-order valence-electron chi connectivity index (χ3n) is 4.25. The molecule has 3 rings (SSSR count). The Kier molecular flexibility index (Phi) is 3.74. The van der Waals surface area contributed by atoms with Crippen molar-refractivity contribution in [2.45, 2.75) is 31.7 Å². The number of rotatable bonds is 4. The molecule has 1 aromatic carbocycles. The minimum atomic E-state index is 0.157. The molecule has 1 saturated carbocycles. The second-order valence-corrected chi connectivity index (χ2v) is 5.45. The SMILES string of the molecule is Nc1c(N(CCO)C2CCCC2)ccc2cnccc12. The maximum absolute atomic E-state index is 9.37. The average Bonchev–Trinajstić information content (AvgIpc) is 3.00. The second kappa shape index (κ2) is 5.67. The van der Waals surface area contributed by atoms with Gasteiger partial charge in [-0.15, -0.1) is 0 Å². The molecule has 106 valence electrons. The highest BCUT2D eigenvalue weighted by atomic mass is 16.3. The summed E-state index contributed by atoms with van der Waals surface area (Å²) in [5, 5.41) is 11.5. The van der Waals surface area contributed by atoms with Crippen molar-refractivity contribution in [3.63, 3.8) is 0 Å². The van der Waals surface area contributed by atoms with Crippen LogP contribution in [0.3, 0.4) is 0 Å². The Morgan fingerprint density at radius 2 is 2.05 bits per heavy atom. The zero-order valence-corrected chi connectivity index (χ0v) is 11.6. The van der Waals surface area contributed by atoms with E-state index in [9.17, 15) is 5.11 Å². The third kappa shape index (κ3) is 2.31. The van der Waals surface area contributed by atoms with Crippen molar-refractivity contribution in [3.8, 4) is 0 Å². The van der Waals surface area contributed by atoms with Crippen LogP contribution in [-0.4, -0.2) is 29.3 Å². The van der Waals surface area contributed by atoms with E-state index in [-0.39, 0.29) is 6.61 Å². The van der Waals surface area contributed by atoms with Crippen molar-refractivity contribution < 1.29 is 5.11 Å². The van der Waals surface area contributed by atoms with Gasteiger partial charge in [0.2, 0.25) is 0 Å². The molecule has 1 aliphatic rings. The highest BCUT2D eigenvalue weighted by molar-refractivity contribution is 5.98. The van der Waals surface area contributed by atoms with Crippen molar-refractivity contribution in [2.75, 3.05) is 23.8 Å². The Morgan fingerprint density at radius 1 is 1.25 bits per heavy atom. The van der Waals surface area contributed by atoms with Crippen LogP contribution in [0.15, 0.2) is 30.6 Å². The molecule has 4 nitrogen and oxygen atoms in total. The zero-order valence-electron chi connectivity index (χ0n) is 11.6. The lowest BCUT2D eigenvalue weighted by Gasteiger charge is -2.32.